The van der Waals surface area contributed by atoms with Gasteiger partial charge in [0.25, 0.3) is 0 Å². The van der Waals surface area contributed by atoms with E-state index in [4.69, 9.17) is 0 Å². The minimum Gasteiger partial charge on any atom is -0.477 e. The van der Waals surface area contributed by atoms with Crippen LogP contribution in [0, 0.1) is 0 Å². The van der Waals surface area contributed by atoms with Gasteiger partial charge < -0.3 is 10.0 Å². The van der Waals surface area contributed by atoms with Crippen molar-refractivity contribution in [1.29, 1.82) is 0 Å². The Morgan fingerprint density at radius 1 is 1.47 bits per heavy atom. The SMILES string of the molecule is C=CN(Cc1ccccc1Br)/C(=C\CCC)C(=O)O. The van der Waals surface area contributed by atoms with Gasteiger partial charge in [-0.1, -0.05) is 60.1 Å². The van der Waals surface area contributed by atoms with E-state index in [9.17, 15) is 9.90 Å². The number of carboxylic acids is 1. The van der Waals surface area contributed by atoms with Crippen molar-refractivity contribution in [2.75, 3.05) is 0 Å². The maximum Gasteiger partial charge on any atom is 0.352 e. The number of carbonyl (C=O) groups is 1. The number of carboxylic acid groups (broad SMARTS) is 1. The minimum absolute atomic E-state index is 0.271. The van der Waals surface area contributed by atoms with Crippen molar-refractivity contribution in [3.63, 3.8) is 0 Å². The van der Waals surface area contributed by atoms with Gasteiger partial charge in [-0.25, -0.2) is 4.79 Å². The predicted octanol–water partition coefficient (Wildman–Crippen LogP) is 4.16. The molecule has 0 radical (unpaired) electrons. The molecule has 3 nitrogen and oxygen atoms in total. The molecule has 102 valence electrons. The summed E-state index contributed by atoms with van der Waals surface area (Å²) in [6, 6.07) is 7.75. The van der Waals surface area contributed by atoms with Gasteiger partial charge in [-0.3, -0.25) is 0 Å². The lowest BCUT2D eigenvalue weighted by atomic mass is 10.2. The fourth-order valence-electron chi connectivity index (χ4n) is 1.67. The summed E-state index contributed by atoms with van der Waals surface area (Å²) < 4.78 is 0.960. The molecule has 0 aliphatic rings. The summed E-state index contributed by atoms with van der Waals surface area (Å²) >= 11 is 3.46. The van der Waals surface area contributed by atoms with E-state index >= 15 is 0 Å². The molecule has 0 saturated carbocycles. The maximum absolute atomic E-state index is 11.3. The van der Waals surface area contributed by atoms with Gasteiger partial charge in [-0.15, -0.1) is 0 Å². The van der Waals surface area contributed by atoms with Crippen LogP contribution >= 0.6 is 15.9 Å². The molecule has 0 bridgehead atoms. The molecule has 0 aromatic heterocycles. The molecule has 1 rings (SSSR count). The van der Waals surface area contributed by atoms with Gasteiger partial charge in [-0.2, -0.15) is 0 Å². The number of benzene rings is 1. The van der Waals surface area contributed by atoms with Crippen molar-refractivity contribution in [3.05, 3.63) is 58.9 Å². The van der Waals surface area contributed by atoms with E-state index in [2.05, 4.69) is 22.5 Å². The van der Waals surface area contributed by atoms with Crippen LogP contribution in [-0.4, -0.2) is 16.0 Å². The first-order valence-corrected chi connectivity index (χ1v) is 6.95. The molecule has 0 atom stereocenters. The van der Waals surface area contributed by atoms with Gasteiger partial charge in [0.2, 0.25) is 0 Å². The number of halogens is 1. The van der Waals surface area contributed by atoms with E-state index in [0.29, 0.717) is 6.54 Å². The number of nitrogens with zero attached hydrogens (tertiary/aromatic N) is 1. The van der Waals surface area contributed by atoms with Crippen LogP contribution in [-0.2, 0) is 11.3 Å². The summed E-state index contributed by atoms with van der Waals surface area (Å²) in [4.78, 5) is 13.0. The van der Waals surface area contributed by atoms with Crippen LogP contribution in [0.25, 0.3) is 0 Å². The van der Waals surface area contributed by atoms with E-state index in [0.717, 1.165) is 22.9 Å². The second-order valence-electron chi connectivity index (χ2n) is 4.09. The summed E-state index contributed by atoms with van der Waals surface area (Å²) in [6.45, 7) is 6.20. The van der Waals surface area contributed by atoms with Crippen molar-refractivity contribution in [2.45, 2.75) is 26.3 Å². The first-order valence-electron chi connectivity index (χ1n) is 6.16. The normalized spacial score (nSPS) is 11.2. The number of hydrogen-bond acceptors (Lipinski definition) is 2. The molecule has 19 heavy (non-hydrogen) atoms. The zero-order valence-corrected chi connectivity index (χ0v) is 12.6. The summed E-state index contributed by atoms with van der Waals surface area (Å²) in [7, 11) is 0. The van der Waals surface area contributed by atoms with E-state index < -0.39 is 5.97 Å². The van der Waals surface area contributed by atoms with Crippen LogP contribution in [0.5, 0.6) is 0 Å². The molecule has 0 heterocycles. The molecular weight excluding hydrogens is 306 g/mol. The number of aliphatic carboxylic acids is 1. The Balaban J connectivity index is 2.96. The quantitative estimate of drug-likeness (QED) is 0.766. The topological polar surface area (TPSA) is 40.5 Å². The molecule has 0 spiro atoms. The van der Waals surface area contributed by atoms with E-state index in [1.807, 2.05) is 31.2 Å². The van der Waals surface area contributed by atoms with Gasteiger partial charge in [-0.05, 0) is 24.3 Å². The highest BCUT2D eigenvalue weighted by molar-refractivity contribution is 9.10. The Morgan fingerprint density at radius 2 is 2.16 bits per heavy atom. The number of rotatable bonds is 7. The van der Waals surface area contributed by atoms with Crippen molar-refractivity contribution in [3.8, 4) is 0 Å². The summed E-state index contributed by atoms with van der Waals surface area (Å²) in [5.74, 6) is -0.930. The van der Waals surface area contributed by atoms with Gasteiger partial charge in [0.1, 0.15) is 5.70 Å². The smallest absolute Gasteiger partial charge is 0.352 e. The molecule has 0 amide bonds. The van der Waals surface area contributed by atoms with Gasteiger partial charge >= 0.3 is 5.97 Å². The van der Waals surface area contributed by atoms with E-state index in [1.54, 1.807) is 17.2 Å². The van der Waals surface area contributed by atoms with Crippen molar-refractivity contribution in [1.82, 2.24) is 4.90 Å². The first-order chi connectivity index (χ1) is 9.10. The highest BCUT2D eigenvalue weighted by atomic mass is 79.9. The molecule has 1 N–H and O–H groups in total. The van der Waals surface area contributed by atoms with Crippen LogP contribution in [0.2, 0.25) is 0 Å². The van der Waals surface area contributed by atoms with Crippen LogP contribution in [0.3, 0.4) is 0 Å². The Morgan fingerprint density at radius 3 is 2.68 bits per heavy atom. The largest absolute Gasteiger partial charge is 0.477 e. The van der Waals surface area contributed by atoms with Crippen LogP contribution in [0.1, 0.15) is 25.3 Å². The lowest BCUT2D eigenvalue weighted by Gasteiger charge is -2.21. The average Bonchev–Trinajstić information content (AvgIpc) is 2.39. The molecule has 0 unspecified atom stereocenters. The lowest BCUT2D eigenvalue weighted by molar-refractivity contribution is -0.134. The molecule has 0 aliphatic carbocycles. The second kappa shape index (κ2) is 7.79. The summed E-state index contributed by atoms with van der Waals surface area (Å²) in [5, 5.41) is 9.28. The van der Waals surface area contributed by atoms with Gasteiger partial charge in [0, 0.05) is 11.0 Å². The van der Waals surface area contributed by atoms with Gasteiger partial charge in [0.05, 0.1) is 0 Å². The molecule has 4 heteroatoms. The first kappa shape index (κ1) is 15.5. The Labute approximate surface area is 122 Å². The third kappa shape index (κ3) is 4.56. The van der Waals surface area contributed by atoms with Gasteiger partial charge in [0.15, 0.2) is 0 Å². The zero-order valence-electron chi connectivity index (χ0n) is 11.0. The molecule has 1 aromatic rings. The van der Waals surface area contributed by atoms with E-state index in [1.165, 1.54) is 0 Å². The monoisotopic (exact) mass is 323 g/mol. The number of allylic oxidation sites excluding steroid dienone is 1. The molecule has 0 aliphatic heterocycles. The lowest BCUT2D eigenvalue weighted by Crippen LogP contribution is -2.22. The molecule has 0 saturated heterocycles. The Hall–Kier alpha value is -1.55. The zero-order chi connectivity index (χ0) is 14.3. The Bertz CT molecular complexity index is 483. The third-order valence-electron chi connectivity index (χ3n) is 2.67. The second-order valence-corrected chi connectivity index (χ2v) is 4.94. The van der Waals surface area contributed by atoms with Crippen molar-refractivity contribution < 1.29 is 9.90 Å². The van der Waals surface area contributed by atoms with Crippen molar-refractivity contribution >= 4 is 21.9 Å². The molecule has 0 fully saturated rings. The van der Waals surface area contributed by atoms with Crippen LogP contribution in [0.15, 0.2) is 53.3 Å². The standard InChI is InChI=1S/C15H18BrNO2/c1-3-5-10-14(15(18)19)17(4-2)11-12-8-6-7-9-13(12)16/h4,6-10H,2-3,5,11H2,1H3,(H,18,19)/b14-10-. The fourth-order valence-corrected chi connectivity index (χ4v) is 2.08. The fraction of sp³-hybridized carbons (Fsp3) is 0.267. The minimum atomic E-state index is -0.930. The number of unbranched alkanes of at least 4 members (excludes halogenated alkanes) is 1. The average molecular weight is 324 g/mol. The summed E-state index contributed by atoms with van der Waals surface area (Å²) in [5.41, 5.74) is 1.29. The third-order valence-corrected chi connectivity index (χ3v) is 3.45. The highest BCUT2D eigenvalue weighted by Crippen LogP contribution is 2.20. The molecular formula is C15H18BrNO2. The van der Waals surface area contributed by atoms with E-state index in [-0.39, 0.29) is 5.70 Å². The summed E-state index contributed by atoms with van der Waals surface area (Å²) in [6.07, 6.45) is 4.94. The van der Waals surface area contributed by atoms with Crippen molar-refractivity contribution in [2.24, 2.45) is 0 Å². The maximum atomic E-state index is 11.3. The number of hydrogen-bond donors (Lipinski definition) is 1. The highest BCUT2D eigenvalue weighted by Gasteiger charge is 2.15. The van der Waals surface area contributed by atoms with Crippen LogP contribution in [0.4, 0.5) is 0 Å². The Kier molecular flexibility index (Phi) is 6.36. The predicted molar refractivity (Wildman–Crippen MR) is 80.5 cm³/mol. The van der Waals surface area contributed by atoms with Crippen LogP contribution < -0.4 is 0 Å². The molecule has 1 aromatic carbocycles.